The van der Waals surface area contributed by atoms with Gasteiger partial charge in [0, 0.05) is 11.5 Å². The molecule has 2 rings (SSSR count). The van der Waals surface area contributed by atoms with Crippen LogP contribution in [0, 0.1) is 5.92 Å². The number of hydrogen-bond donors (Lipinski definition) is 1. The Hall–Kier alpha value is -0.820. The third-order valence-electron chi connectivity index (χ3n) is 5.55. The molecule has 1 heteroatoms. The molecule has 1 nitrogen and oxygen atoms in total. The molecule has 0 aliphatic heterocycles. The van der Waals surface area contributed by atoms with Crippen molar-refractivity contribution in [3.63, 3.8) is 0 Å². The minimum atomic E-state index is 0.238. The van der Waals surface area contributed by atoms with E-state index in [0.717, 1.165) is 5.92 Å². The second kappa shape index (κ2) is 7.26. The largest absolute Gasteiger partial charge is 0.327 e. The lowest BCUT2D eigenvalue weighted by atomic mass is 9.63. The van der Waals surface area contributed by atoms with Gasteiger partial charge >= 0.3 is 0 Å². The van der Waals surface area contributed by atoms with E-state index in [-0.39, 0.29) is 5.41 Å². The zero-order valence-corrected chi connectivity index (χ0v) is 13.3. The quantitative estimate of drug-likeness (QED) is 0.772. The SMILES string of the molecule is CCC(CC)CC(N)C1(c2ccccc2)CCCCC1. The summed E-state index contributed by atoms with van der Waals surface area (Å²) in [5.74, 6) is 0.785. The summed E-state index contributed by atoms with van der Waals surface area (Å²) in [7, 11) is 0. The predicted octanol–water partition coefficient (Wildman–Crippen LogP) is 5.04. The fraction of sp³-hybridized carbons (Fsp3) is 0.684. The van der Waals surface area contributed by atoms with E-state index in [1.807, 2.05) is 0 Å². The van der Waals surface area contributed by atoms with Crippen LogP contribution in [0.4, 0.5) is 0 Å². The van der Waals surface area contributed by atoms with Crippen LogP contribution in [0.5, 0.6) is 0 Å². The van der Waals surface area contributed by atoms with Crippen LogP contribution >= 0.6 is 0 Å². The Kier molecular flexibility index (Phi) is 5.65. The van der Waals surface area contributed by atoms with E-state index in [1.165, 1.54) is 56.9 Å². The van der Waals surface area contributed by atoms with Gasteiger partial charge in [0.25, 0.3) is 0 Å². The van der Waals surface area contributed by atoms with Gasteiger partial charge in [-0.2, -0.15) is 0 Å². The molecule has 0 spiro atoms. The summed E-state index contributed by atoms with van der Waals surface area (Å²) in [5.41, 5.74) is 8.49. The topological polar surface area (TPSA) is 26.0 Å². The Labute approximate surface area is 125 Å². The first kappa shape index (κ1) is 15.6. The molecule has 1 aliphatic rings. The van der Waals surface area contributed by atoms with Crippen molar-refractivity contribution in [3.8, 4) is 0 Å². The van der Waals surface area contributed by atoms with Crippen LogP contribution in [0.3, 0.4) is 0 Å². The highest BCUT2D eigenvalue weighted by Crippen LogP contribution is 2.43. The Morgan fingerprint density at radius 2 is 1.60 bits per heavy atom. The monoisotopic (exact) mass is 273 g/mol. The van der Waals surface area contributed by atoms with E-state index >= 15 is 0 Å². The van der Waals surface area contributed by atoms with E-state index in [2.05, 4.69) is 44.2 Å². The van der Waals surface area contributed by atoms with Gasteiger partial charge < -0.3 is 5.73 Å². The van der Waals surface area contributed by atoms with Gasteiger partial charge in [-0.3, -0.25) is 0 Å². The smallest absolute Gasteiger partial charge is 0.0139 e. The maximum atomic E-state index is 6.77. The van der Waals surface area contributed by atoms with Gasteiger partial charge in [-0.1, -0.05) is 76.3 Å². The summed E-state index contributed by atoms with van der Waals surface area (Å²) in [5, 5.41) is 0. The molecule has 1 aromatic carbocycles. The van der Waals surface area contributed by atoms with Gasteiger partial charge in [0.05, 0.1) is 0 Å². The van der Waals surface area contributed by atoms with Crippen molar-refractivity contribution < 1.29 is 0 Å². The van der Waals surface area contributed by atoms with Gasteiger partial charge in [-0.25, -0.2) is 0 Å². The lowest BCUT2D eigenvalue weighted by molar-refractivity contribution is 0.212. The second-order valence-electron chi connectivity index (χ2n) is 6.61. The highest BCUT2D eigenvalue weighted by atomic mass is 14.7. The van der Waals surface area contributed by atoms with Crippen LogP contribution in [-0.4, -0.2) is 6.04 Å². The molecule has 1 aliphatic carbocycles. The predicted molar refractivity (Wildman–Crippen MR) is 87.9 cm³/mol. The molecule has 1 saturated carbocycles. The highest BCUT2D eigenvalue weighted by molar-refractivity contribution is 5.28. The average Bonchev–Trinajstić information content (AvgIpc) is 2.53. The van der Waals surface area contributed by atoms with Crippen molar-refractivity contribution in [2.45, 2.75) is 76.7 Å². The molecular weight excluding hydrogens is 242 g/mol. The maximum Gasteiger partial charge on any atom is 0.0139 e. The zero-order chi connectivity index (χ0) is 14.4. The summed E-state index contributed by atoms with van der Waals surface area (Å²) in [6.07, 6.45) is 10.3. The Morgan fingerprint density at radius 3 is 2.15 bits per heavy atom. The summed E-state index contributed by atoms with van der Waals surface area (Å²) in [4.78, 5) is 0. The second-order valence-corrected chi connectivity index (χ2v) is 6.61. The first-order valence-corrected chi connectivity index (χ1v) is 8.54. The number of nitrogens with two attached hydrogens (primary N) is 1. The van der Waals surface area contributed by atoms with Crippen molar-refractivity contribution in [2.75, 3.05) is 0 Å². The van der Waals surface area contributed by atoms with E-state index < -0.39 is 0 Å². The molecule has 0 aromatic heterocycles. The average molecular weight is 273 g/mol. The van der Waals surface area contributed by atoms with Crippen molar-refractivity contribution in [2.24, 2.45) is 11.7 Å². The van der Waals surface area contributed by atoms with Crippen molar-refractivity contribution in [3.05, 3.63) is 35.9 Å². The molecule has 20 heavy (non-hydrogen) atoms. The highest BCUT2D eigenvalue weighted by Gasteiger charge is 2.39. The van der Waals surface area contributed by atoms with Gasteiger partial charge in [-0.05, 0) is 30.7 Å². The lowest BCUT2D eigenvalue weighted by Gasteiger charge is -2.43. The van der Waals surface area contributed by atoms with Crippen LogP contribution in [0.15, 0.2) is 30.3 Å². The van der Waals surface area contributed by atoms with Crippen LogP contribution in [-0.2, 0) is 5.41 Å². The molecule has 1 atom stereocenters. The molecule has 0 heterocycles. The fourth-order valence-corrected chi connectivity index (χ4v) is 4.03. The van der Waals surface area contributed by atoms with E-state index in [0.29, 0.717) is 6.04 Å². The van der Waals surface area contributed by atoms with Crippen molar-refractivity contribution >= 4 is 0 Å². The van der Waals surface area contributed by atoms with Gasteiger partial charge in [0.2, 0.25) is 0 Å². The molecular formula is C19H31N. The molecule has 1 unspecified atom stereocenters. The van der Waals surface area contributed by atoms with Crippen LogP contribution in [0.2, 0.25) is 0 Å². The molecule has 0 saturated heterocycles. The van der Waals surface area contributed by atoms with Crippen LogP contribution in [0.25, 0.3) is 0 Å². The third kappa shape index (κ3) is 3.25. The molecule has 1 aromatic rings. The standard InChI is InChI=1S/C19H31N/c1-3-16(4-2)15-18(20)19(13-9-6-10-14-19)17-11-7-5-8-12-17/h5,7-8,11-12,16,18H,3-4,6,9-10,13-15,20H2,1-2H3. The minimum Gasteiger partial charge on any atom is -0.327 e. The summed E-state index contributed by atoms with van der Waals surface area (Å²) in [6.45, 7) is 4.61. The molecule has 112 valence electrons. The first-order valence-electron chi connectivity index (χ1n) is 8.54. The molecule has 0 amide bonds. The van der Waals surface area contributed by atoms with E-state index in [4.69, 9.17) is 5.73 Å². The van der Waals surface area contributed by atoms with E-state index in [1.54, 1.807) is 0 Å². The Balaban J connectivity index is 2.23. The lowest BCUT2D eigenvalue weighted by Crippen LogP contribution is -2.47. The summed E-state index contributed by atoms with van der Waals surface area (Å²) in [6, 6.07) is 11.4. The molecule has 2 N–H and O–H groups in total. The van der Waals surface area contributed by atoms with Gasteiger partial charge in [0.15, 0.2) is 0 Å². The molecule has 0 bridgehead atoms. The number of benzene rings is 1. The zero-order valence-electron chi connectivity index (χ0n) is 13.3. The number of rotatable bonds is 6. The van der Waals surface area contributed by atoms with Gasteiger partial charge in [-0.15, -0.1) is 0 Å². The van der Waals surface area contributed by atoms with Gasteiger partial charge in [0.1, 0.15) is 0 Å². The minimum absolute atomic E-state index is 0.238. The maximum absolute atomic E-state index is 6.77. The Bertz CT molecular complexity index is 374. The van der Waals surface area contributed by atoms with Crippen molar-refractivity contribution in [1.82, 2.24) is 0 Å². The Morgan fingerprint density at radius 1 is 1.00 bits per heavy atom. The normalized spacial score (nSPS) is 20.0. The molecule has 0 radical (unpaired) electrons. The first-order chi connectivity index (χ1) is 9.73. The van der Waals surface area contributed by atoms with Crippen LogP contribution in [0.1, 0.15) is 70.8 Å². The number of hydrogen-bond acceptors (Lipinski definition) is 1. The van der Waals surface area contributed by atoms with E-state index in [9.17, 15) is 0 Å². The summed E-state index contributed by atoms with van der Waals surface area (Å²) >= 11 is 0. The third-order valence-corrected chi connectivity index (χ3v) is 5.55. The fourth-order valence-electron chi connectivity index (χ4n) is 4.03. The van der Waals surface area contributed by atoms with Crippen LogP contribution < -0.4 is 5.73 Å². The molecule has 1 fully saturated rings. The summed E-state index contributed by atoms with van der Waals surface area (Å²) < 4.78 is 0. The van der Waals surface area contributed by atoms with Crippen molar-refractivity contribution in [1.29, 1.82) is 0 Å².